The molecule has 172 valence electrons. The highest BCUT2D eigenvalue weighted by molar-refractivity contribution is 7.89. The van der Waals surface area contributed by atoms with Gasteiger partial charge >= 0.3 is 0 Å². The minimum atomic E-state index is -3.75. The highest BCUT2D eigenvalue weighted by atomic mass is 35.5. The molecule has 2 saturated heterocycles. The summed E-state index contributed by atoms with van der Waals surface area (Å²) in [4.78, 5) is 18.0. The van der Waals surface area contributed by atoms with Crippen LogP contribution in [0.15, 0.2) is 23.1 Å². The fourth-order valence-corrected chi connectivity index (χ4v) is 6.61. The van der Waals surface area contributed by atoms with Gasteiger partial charge in [-0.3, -0.25) is 4.79 Å². The first kappa shape index (κ1) is 23.0. The number of carbonyl (C=O) groups is 1. The van der Waals surface area contributed by atoms with Gasteiger partial charge in [-0.2, -0.15) is 4.31 Å². The van der Waals surface area contributed by atoms with Crippen molar-refractivity contribution >= 4 is 27.5 Å². The van der Waals surface area contributed by atoms with Gasteiger partial charge in [-0.15, -0.1) is 0 Å². The number of hydrogen-bond acceptors (Lipinski definition) is 4. The third-order valence-electron chi connectivity index (χ3n) is 6.92. The van der Waals surface area contributed by atoms with E-state index in [2.05, 4.69) is 16.7 Å². The molecule has 1 saturated carbocycles. The summed E-state index contributed by atoms with van der Waals surface area (Å²) in [6.45, 7) is 5.88. The summed E-state index contributed by atoms with van der Waals surface area (Å²) in [6, 6.07) is 4.15. The fourth-order valence-electron chi connectivity index (χ4n) is 4.86. The number of hydrogen-bond donors (Lipinski definition) is 0. The topological polar surface area (TPSA) is 60.9 Å². The van der Waals surface area contributed by atoms with Crippen LogP contribution >= 0.6 is 11.6 Å². The molecule has 2 heterocycles. The molecule has 0 bridgehead atoms. The van der Waals surface area contributed by atoms with Crippen LogP contribution in [-0.2, 0) is 14.8 Å². The Balaban J connectivity index is 1.39. The van der Waals surface area contributed by atoms with Crippen molar-refractivity contribution in [1.29, 1.82) is 0 Å². The van der Waals surface area contributed by atoms with Crippen LogP contribution in [0.4, 0.5) is 4.39 Å². The van der Waals surface area contributed by atoms with Crippen LogP contribution < -0.4 is 0 Å². The molecule has 9 heteroatoms. The molecule has 0 unspecified atom stereocenters. The zero-order chi connectivity index (χ0) is 22.2. The van der Waals surface area contributed by atoms with E-state index in [-0.39, 0.29) is 21.7 Å². The number of carbonyl (C=O) groups excluding carboxylic acids is 1. The molecular weight excluding hydrogens is 441 g/mol. The van der Waals surface area contributed by atoms with E-state index >= 15 is 0 Å². The molecule has 0 atom stereocenters. The number of likely N-dealkylation sites (tertiary alicyclic amines) is 1. The van der Waals surface area contributed by atoms with Crippen molar-refractivity contribution in [2.24, 2.45) is 5.92 Å². The second-order valence-corrected chi connectivity index (χ2v) is 11.2. The molecule has 0 N–H and O–H groups in total. The highest BCUT2D eigenvalue weighted by Crippen LogP contribution is 2.35. The average molecular weight is 472 g/mol. The molecule has 1 aromatic rings. The summed E-state index contributed by atoms with van der Waals surface area (Å²) in [5, 5.41) is -0.208. The van der Waals surface area contributed by atoms with Gasteiger partial charge in [-0.05, 0) is 63.3 Å². The third-order valence-corrected chi connectivity index (χ3v) is 9.11. The summed E-state index contributed by atoms with van der Waals surface area (Å²) in [7, 11) is -3.75. The number of rotatable bonds is 6. The molecule has 31 heavy (non-hydrogen) atoms. The van der Waals surface area contributed by atoms with Gasteiger partial charge in [0.05, 0.1) is 9.92 Å². The number of halogens is 2. The maximum Gasteiger partial charge on any atom is 0.243 e. The van der Waals surface area contributed by atoms with Gasteiger partial charge in [0.25, 0.3) is 0 Å². The number of nitrogens with zero attached hydrogens (tertiary/aromatic N) is 3. The standard InChI is InChI=1S/C22H31ClFN3O3S/c1-2-25-11-9-18(10-12-25)27(17-3-4-17)22(28)16-7-13-26(14-8-16)31(29,30)19-5-6-21(24)20(23)15-19/h5-6,15-18H,2-4,7-14H2,1H3. The molecule has 0 radical (unpaired) electrons. The zero-order valence-corrected chi connectivity index (χ0v) is 19.5. The Morgan fingerprint density at radius 3 is 2.23 bits per heavy atom. The summed E-state index contributed by atoms with van der Waals surface area (Å²) in [5.74, 6) is -0.567. The lowest BCUT2D eigenvalue weighted by Crippen LogP contribution is -2.51. The Kier molecular flexibility index (Phi) is 6.91. The average Bonchev–Trinajstić information content (AvgIpc) is 3.61. The lowest BCUT2D eigenvalue weighted by atomic mass is 9.94. The number of sulfonamides is 1. The Labute approximate surface area is 189 Å². The molecule has 1 aromatic carbocycles. The van der Waals surface area contributed by atoms with E-state index in [1.54, 1.807) is 0 Å². The molecule has 1 amide bonds. The van der Waals surface area contributed by atoms with E-state index < -0.39 is 15.8 Å². The maximum atomic E-state index is 13.4. The van der Waals surface area contributed by atoms with E-state index in [4.69, 9.17) is 11.6 Å². The smallest absolute Gasteiger partial charge is 0.243 e. The van der Waals surface area contributed by atoms with Gasteiger partial charge in [-0.25, -0.2) is 12.8 Å². The molecule has 4 rings (SSSR count). The summed E-state index contributed by atoms with van der Waals surface area (Å²) in [5.41, 5.74) is 0. The Morgan fingerprint density at radius 1 is 1.06 bits per heavy atom. The normalized spacial score (nSPS) is 22.5. The van der Waals surface area contributed by atoms with E-state index in [1.165, 1.54) is 10.4 Å². The number of piperidine rings is 2. The van der Waals surface area contributed by atoms with Crippen LogP contribution in [0.3, 0.4) is 0 Å². The minimum Gasteiger partial charge on any atom is -0.336 e. The maximum absolute atomic E-state index is 13.4. The van der Waals surface area contributed by atoms with Crippen molar-refractivity contribution < 1.29 is 17.6 Å². The van der Waals surface area contributed by atoms with Crippen LogP contribution in [0.1, 0.15) is 45.4 Å². The van der Waals surface area contributed by atoms with Crippen LogP contribution in [0.5, 0.6) is 0 Å². The summed E-state index contributed by atoms with van der Waals surface area (Å²) < 4.78 is 40.7. The van der Waals surface area contributed by atoms with Gasteiger partial charge in [0.1, 0.15) is 5.82 Å². The molecule has 1 aliphatic carbocycles. The first-order valence-corrected chi connectivity index (χ1v) is 13.1. The zero-order valence-electron chi connectivity index (χ0n) is 18.0. The van der Waals surface area contributed by atoms with Crippen molar-refractivity contribution in [1.82, 2.24) is 14.1 Å². The largest absolute Gasteiger partial charge is 0.336 e. The Bertz CT molecular complexity index is 909. The SMILES string of the molecule is CCN1CCC(N(C(=O)C2CCN(S(=O)(=O)c3ccc(F)c(Cl)c3)CC2)C2CC2)CC1. The van der Waals surface area contributed by atoms with Crippen molar-refractivity contribution in [3.63, 3.8) is 0 Å². The fraction of sp³-hybridized carbons (Fsp3) is 0.682. The Hall–Kier alpha value is -1.22. The lowest BCUT2D eigenvalue weighted by molar-refractivity contribution is -0.141. The molecular formula is C22H31ClFN3O3S. The van der Waals surface area contributed by atoms with Crippen molar-refractivity contribution in [3.8, 4) is 0 Å². The molecule has 3 aliphatic rings. The molecule has 2 aliphatic heterocycles. The Morgan fingerprint density at radius 2 is 1.68 bits per heavy atom. The minimum absolute atomic E-state index is 0.00836. The second-order valence-electron chi connectivity index (χ2n) is 8.90. The molecule has 6 nitrogen and oxygen atoms in total. The van der Waals surface area contributed by atoms with E-state index in [0.29, 0.717) is 38.0 Å². The van der Waals surface area contributed by atoms with Crippen LogP contribution in [0, 0.1) is 11.7 Å². The summed E-state index contributed by atoms with van der Waals surface area (Å²) >= 11 is 5.77. The van der Waals surface area contributed by atoms with E-state index in [9.17, 15) is 17.6 Å². The third kappa shape index (κ3) is 4.92. The first-order chi connectivity index (χ1) is 14.8. The predicted molar refractivity (Wildman–Crippen MR) is 118 cm³/mol. The van der Waals surface area contributed by atoms with Crippen molar-refractivity contribution in [3.05, 3.63) is 29.0 Å². The number of benzene rings is 1. The van der Waals surface area contributed by atoms with E-state index in [1.807, 2.05) is 0 Å². The van der Waals surface area contributed by atoms with Crippen molar-refractivity contribution in [2.45, 2.75) is 62.4 Å². The van der Waals surface area contributed by atoms with Gasteiger partial charge < -0.3 is 9.80 Å². The van der Waals surface area contributed by atoms with Gasteiger partial charge in [0, 0.05) is 44.2 Å². The van der Waals surface area contributed by atoms with Crippen LogP contribution in [0.25, 0.3) is 0 Å². The monoisotopic (exact) mass is 471 g/mol. The van der Waals surface area contributed by atoms with Gasteiger partial charge in [0.2, 0.25) is 15.9 Å². The molecule has 0 aromatic heterocycles. The van der Waals surface area contributed by atoms with Gasteiger partial charge in [-0.1, -0.05) is 18.5 Å². The first-order valence-electron chi connectivity index (χ1n) is 11.3. The van der Waals surface area contributed by atoms with Crippen molar-refractivity contribution in [2.75, 3.05) is 32.7 Å². The van der Waals surface area contributed by atoms with Gasteiger partial charge in [0.15, 0.2) is 0 Å². The van der Waals surface area contributed by atoms with E-state index in [0.717, 1.165) is 57.5 Å². The van der Waals surface area contributed by atoms with Crippen LogP contribution in [-0.4, -0.2) is 73.2 Å². The summed E-state index contributed by atoms with van der Waals surface area (Å²) in [6.07, 6.45) is 5.24. The molecule has 3 fully saturated rings. The number of amides is 1. The second kappa shape index (κ2) is 9.33. The molecule has 0 spiro atoms. The van der Waals surface area contributed by atoms with Crippen LogP contribution in [0.2, 0.25) is 5.02 Å². The quantitative estimate of drug-likeness (QED) is 0.638. The lowest BCUT2D eigenvalue weighted by Gasteiger charge is -2.41. The highest BCUT2D eigenvalue weighted by Gasteiger charge is 2.42. The predicted octanol–water partition coefficient (Wildman–Crippen LogP) is 3.36.